The van der Waals surface area contributed by atoms with Crippen molar-refractivity contribution in [3.05, 3.63) is 69.8 Å². The highest BCUT2D eigenvalue weighted by Crippen LogP contribution is 2.32. The lowest BCUT2D eigenvalue weighted by Crippen LogP contribution is -2.49. The van der Waals surface area contributed by atoms with Crippen LogP contribution in [-0.2, 0) is 4.74 Å². The summed E-state index contributed by atoms with van der Waals surface area (Å²) in [6.45, 7) is 4.42. The zero-order valence-electron chi connectivity index (χ0n) is 17.1. The lowest BCUT2D eigenvalue weighted by molar-refractivity contribution is -0.384. The predicted octanol–water partition coefficient (Wildman–Crippen LogP) is 2.56. The fraction of sp³-hybridized carbons (Fsp3) is 0.409. The van der Waals surface area contributed by atoms with E-state index in [0.717, 1.165) is 18.7 Å². The van der Waals surface area contributed by atoms with Crippen LogP contribution < -0.4 is 4.90 Å². The van der Waals surface area contributed by atoms with Gasteiger partial charge in [-0.1, -0.05) is 30.3 Å². The molecule has 8 heteroatoms. The van der Waals surface area contributed by atoms with E-state index in [4.69, 9.17) is 4.74 Å². The number of nitro benzene ring substituents is 1. The molecule has 1 atom stereocenters. The molecular weight excluding hydrogens is 384 g/mol. The fourth-order valence-corrected chi connectivity index (χ4v) is 4.16. The number of hydrogen-bond donors (Lipinski definition) is 0. The highest BCUT2D eigenvalue weighted by atomic mass is 16.6. The van der Waals surface area contributed by atoms with Crippen molar-refractivity contribution in [2.45, 2.75) is 6.04 Å². The van der Waals surface area contributed by atoms with Crippen molar-refractivity contribution in [2.75, 3.05) is 57.9 Å². The number of non-ortho nitro benzene ring substituents is 1. The first-order chi connectivity index (χ1) is 14.5. The van der Waals surface area contributed by atoms with Gasteiger partial charge in [0.25, 0.3) is 11.6 Å². The summed E-state index contributed by atoms with van der Waals surface area (Å²) in [5.41, 5.74) is 2.20. The van der Waals surface area contributed by atoms with E-state index >= 15 is 0 Å². The summed E-state index contributed by atoms with van der Waals surface area (Å²) in [6, 6.07) is 14.5. The number of nitrogens with zero attached hydrogens (tertiary/aromatic N) is 4. The Morgan fingerprint density at radius 1 is 1.07 bits per heavy atom. The van der Waals surface area contributed by atoms with Gasteiger partial charge in [-0.2, -0.15) is 0 Å². The molecule has 1 unspecified atom stereocenters. The zero-order chi connectivity index (χ0) is 21.1. The lowest BCUT2D eigenvalue weighted by atomic mass is 10.0. The molecule has 2 aliphatic rings. The molecule has 2 heterocycles. The van der Waals surface area contributed by atoms with Crippen LogP contribution in [0.2, 0.25) is 0 Å². The van der Waals surface area contributed by atoms with Gasteiger partial charge in [-0.3, -0.25) is 14.9 Å². The number of ether oxygens (including phenoxy) is 1. The van der Waals surface area contributed by atoms with E-state index in [0.29, 0.717) is 44.1 Å². The van der Waals surface area contributed by atoms with Crippen LogP contribution in [0.25, 0.3) is 0 Å². The van der Waals surface area contributed by atoms with Crippen LogP contribution in [0.1, 0.15) is 22.0 Å². The molecule has 0 aromatic heterocycles. The Balaban J connectivity index is 1.71. The van der Waals surface area contributed by atoms with Gasteiger partial charge in [-0.25, -0.2) is 0 Å². The van der Waals surface area contributed by atoms with Crippen molar-refractivity contribution >= 4 is 17.3 Å². The summed E-state index contributed by atoms with van der Waals surface area (Å²) in [7, 11) is 2.06. The van der Waals surface area contributed by atoms with E-state index in [1.807, 2.05) is 40.1 Å². The molecule has 0 spiro atoms. The molecule has 158 valence electrons. The van der Waals surface area contributed by atoms with E-state index in [9.17, 15) is 14.9 Å². The van der Waals surface area contributed by atoms with E-state index < -0.39 is 4.92 Å². The number of piperazine rings is 1. The molecule has 0 bridgehead atoms. The molecule has 0 aliphatic carbocycles. The number of carbonyl (C=O) groups is 1. The lowest BCUT2D eigenvalue weighted by Gasteiger charge is -2.41. The minimum absolute atomic E-state index is 0.00831. The van der Waals surface area contributed by atoms with Gasteiger partial charge in [0.2, 0.25) is 0 Å². The van der Waals surface area contributed by atoms with Gasteiger partial charge in [-0.15, -0.1) is 0 Å². The van der Waals surface area contributed by atoms with Crippen LogP contribution in [-0.4, -0.2) is 73.6 Å². The zero-order valence-corrected chi connectivity index (χ0v) is 17.1. The first-order valence-electron chi connectivity index (χ1n) is 10.2. The molecule has 2 aromatic carbocycles. The maximum absolute atomic E-state index is 13.7. The third kappa shape index (κ3) is 4.15. The fourth-order valence-electron chi connectivity index (χ4n) is 4.16. The molecule has 8 nitrogen and oxygen atoms in total. The largest absolute Gasteiger partial charge is 0.378 e. The number of morpholine rings is 1. The topological polar surface area (TPSA) is 79.2 Å². The Hall–Kier alpha value is -2.97. The third-order valence-corrected chi connectivity index (χ3v) is 5.80. The molecule has 1 amide bonds. The van der Waals surface area contributed by atoms with Gasteiger partial charge in [-0.05, 0) is 18.7 Å². The van der Waals surface area contributed by atoms with Crippen LogP contribution >= 0.6 is 0 Å². The normalized spacial score (nSPS) is 20.2. The van der Waals surface area contributed by atoms with Crippen molar-refractivity contribution < 1.29 is 14.5 Å². The second-order valence-electron chi connectivity index (χ2n) is 7.75. The number of nitro groups is 1. The number of amides is 1. The average Bonchev–Trinajstić information content (AvgIpc) is 2.79. The van der Waals surface area contributed by atoms with Gasteiger partial charge in [0.1, 0.15) is 0 Å². The maximum Gasteiger partial charge on any atom is 0.271 e. The van der Waals surface area contributed by atoms with Crippen LogP contribution in [0, 0.1) is 10.1 Å². The van der Waals surface area contributed by atoms with Crippen LogP contribution in [0.4, 0.5) is 11.4 Å². The van der Waals surface area contributed by atoms with Crippen LogP contribution in [0.15, 0.2) is 48.5 Å². The smallest absolute Gasteiger partial charge is 0.271 e. The standard InChI is InChI=1S/C22H26N4O4/c1-23-9-10-25(21(16-23)17-5-3-2-4-6-17)22(27)19-8-7-18(26(28)29)15-20(19)24-11-13-30-14-12-24/h2-8,15,21H,9-14,16H2,1H3. The summed E-state index contributed by atoms with van der Waals surface area (Å²) in [5, 5.41) is 11.4. The average molecular weight is 410 g/mol. The maximum atomic E-state index is 13.7. The molecule has 2 saturated heterocycles. The molecular formula is C22H26N4O4. The van der Waals surface area contributed by atoms with Crippen molar-refractivity contribution in [2.24, 2.45) is 0 Å². The molecule has 4 rings (SSSR count). The second-order valence-corrected chi connectivity index (χ2v) is 7.75. The van der Waals surface area contributed by atoms with Gasteiger partial charge >= 0.3 is 0 Å². The minimum atomic E-state index is -0.416. The van der Waals surface area contributed by atoms with Crippen molar-refractivity contribution in [1.29, 1.82) is 0 Å². The summed E-state index contributed by atoms with van der Waals surface area (Å²) in [6.07, 6.45) is 0. The van der Waals surface area contributed by atoms with Crippen molar-refractivity contribution in [3.8, 4) is 0 Å². The second kappa shape index (κ2) is 8.81. The van der Waals surface area contributed by atoms with Crippen LogP contribution in [0.5, 0.6) is 0 Å². The summed E-state index contributed by atoms with van der Waals surface area (Å²) < 4.78 is 5.43. The Labute approximate surface area is 175 Å². The summed E-state index contributed by atoms with van der Waals surface area (Å²) in [5.74, 6) is -0.0895. The third-order valence-electron chi connectivity index (χ3n) is 5.80. The highest BCUT2D eigenvalue weighted by Gasteiger charge is 2.33. The molecule has 0 saturated carbocycles. The quantitative estimate of drug-likeness (QED) is 0.569. The van der Waals surface area contributed by atoms with Crippen LogP contribution in [0.3, 0.4) is 0 Å². The number of rotatable bonds is 4. The number of carbonyl (C=O) groups excluding carboxylic acids is 1. The Bertz CT molecular complexity index is 915. The van der Waals surface area contributed by atoms with E-state index in [-0.39, 0.29) is 17.6 Å². The molecule has 30 heavy (non-hydrogen) atoms. The molecule has 0 radical (unpaired) electrons. The molecule has 2 aliphatic heterocycles. The number of hydrogen-bond acceptors (Lipinski definition) is 6. The summed E-state index contributed by atoms with van der Waals surface area (Å²) in [4.78, 5) is 30.8. The van der Waals surface area contributed by atoms with E-state index in [1.54, 1.807) is 6.07 Å². The Kier molecular flexibility index (Phi) is 5.96. The van der Waals surface area contributed by atoms with E-state index in [2.05, 4.69) is 11.9 Å². The molecule has 2 aromatic rings. The van der Waals surface area contributed by atoms with Gasteiger partial charge in [0.05, 0.1) is 35.4 Å². The number of benzene rings is 2. The van der Waals surface area contributed by atoms with E-state index in [1.165, 1.54) is 12.1 Å². The Morgan fingerprint density at radius 3 is 2.50 bits per heavy atom. The monoisotopic (exact) mass is 410 g/mol. The molecule has 2 fully saturated rings. The van der Waals surface area contributed by atoms with Gasteiger partial charge in [0.15, 0.2) is 0 Å². The van der Waals surface area contributed by atoms with Crippen molar-refractivity contribution in [1.82, 2.24) is 9.80 Å². The summed E-state index contributed by atoms with van der Waals surface area (Å²) >= 11 is 0. The Morgan fingerprint density at radius 2 is 1.80 bits per heavy atom. The minimum Gasteiger partial charge on any atom is -0.378 e. The first-order valence-corrected chi connectivity index (χ1v) is 10.2. The SMILES string of the molecule is CN1CCN(C(=O)c2ccc([N+](=O)[O-])cc2N2CCOCC2)C(c2ccccc2)C1. The van der Waals surface area contributed by atoms with Gasteiger partial charge < -0.3 is 19.4 Å². The predicted molar refractivity (Wildman–Crippen MR) is 114 cm³/mol. The number of anilines is 1. The highest BCUT2D eigenvalue weighted by molar-refractivity contribution is 6.00. The van der Waals surface area contributed by atoms with Crippen molar-refractivity contribution in [3.63, 3.8) is 0 Å². The van der Waals surface area contributed by atoms with Gasteiger partial charge in [0, 0.05) is 44.9 Å². The first kappa shape index (κ1) is 20.3. The number of likely N-dealkylation sites (N-methyl/N-ethyl adjacent to an activating group) is 1. The molecule has 0 N–H and O–H groups in total.